The van der Waals surface area contributed by atoms with Gasteiger partial charge in [-0.3, -0.25) is 4.79 Å². The minimum absolute atomic E-state index is 0.179. The number of hydrogen-bond acceptors (Lipinski definition) is 4. The van der Waals surface area contributed by atoms with Gasteiger partial charge in [0.1, 0.15) is 5.75 Å². The fourth-order valence-corrected chi connectivity index (χ4v) is 2.72. The second-order valence-electron chi connectivity index (χ2n) is 5.99. The van der Waals surface area contributed by atoms with Crippen LogP contribution in [-0.2, 0) is 11.3 Å². The first kappa shape index (κ1) is 18.5. The molecule has 0 aromatic heterocycles. The summed E-state index contributed by atoms with van der Waals surface area (Å²) in [7, 11) is 3.27. The molecule has 5 nitrogen and oxygen atoms in total. The second kappa shape index (κ2) is 8.87. The van der Waals surface area contributed by atoms with Crippen LogP contribution in [0.3, 0.4) is 0 Å². The monoisotopic (exact) mass is 362 g/mol. The van der Waals surface area contributed by atoms with Gasteiger partial charge in [-0.15, -0.1) is 0 Å². The molecule has 0 saturated heterocycles. The molecule has 3 rings (SSSR count). The summed E-state index contributed by atoms with van der Waals surface area (Å²) in [5.41, 5.74) is 3.89. The minimum Gasteiger partial charge on any atom is -0.497 e. The first-order valence-corrected chi connectivity index (χ1v) is 8.59. The maximum Gasteiger partial charge on any atom is 0.257 e. The third-order valence-electron chi connectivity index (χ3n) is 4.04. The Morgan fingerprint density at radius 2 is 1.67 bits per heavy atom. The topological polar surface area (TPSA) is 59.6 Å². The quantitative estimate of drug-likeness (QED) is 0.631. The van der Waals surface area contributed by atoms with Crippen LogP contribution < -0.4 is 15.4 Å². The summed E-state index contributed by atoms with van der Waals surface area (Å²) in [4.78, 5) is 12.8. The van der Waals surface area contributed by atoms with Crippen molar-refractivity contribution in [3.05, 3.63) is 83.9 Å². The van der Waals surface area contributed by atoms with Gasteiger partial charge in [-0.2, -0.15) is 0 Å². The molecule has 3 aromatic rings. The zero-order valence-corrected chi connectivity index (χ0v) is 15.4. The lowest BCUT2D eigenvalue weighted by Gasteiger charge is -2.13. The molecule has 0 aliphatic rings. The summed E-state index contributed by atoms with van der Waals surface area (Å²) in [6, 6.07) is 22.6. The third-order valence-corrected chi connectivity index (χ3v) is 4.04. The van der Waals surface area contributed by atoms with Crippen molar-refractivity contribution in [2.75, 3.05) is 24.9 Å². The number of nitrogens with one attached hydrogen (secondary N) is 2. The Labute approximate surface area is 158 Å². The van der Waals surface area contributed by atoms with Crippen LogP contribution in [0.2, 0.25) is 0 Å². The van der Waals surface area contributed by atoms with Gasteiger partial charge in [0.25, 0.3) is 5.91 Å². The summed E-state index contributed by atoms with van der Waals surface area (Å²) >= 11 is 0. The number of methoxy groups -OCH3 is 2. The zero-order valence-electron chi connectivity index (χ0n) is 15.4. The van der Waals surface area contributed by atoms with E-state index in [1.54, 1.807) is 20.3 Å². The van der Waals surface area contributed by atoms with Gasteiger partial charge in [-0.05, 0) is 54.1 Å². The van der Waals surface area contributed by atoms with E-state index in [0.29, 0.717) is 12.2 Å². The van der Waals surface area contributed by atoms with Gasteiger partial charge in [0.05, 0.1) is 25.0 Å². The first-order chi connectivity index (χ1) is 13.2. The fraction of sp³-hybridized carbons (Fsp3) is 0.136. The van der Waals surface area contributed by atoms with E-state index >= 15 is 0 Å². The molecule has 1 amide bonds. The van der Waals surface area contributed by atoms with Crippen LogP contribution in [0.15, 0.2) is 72.8 Å². The molecule has 0 saturated carbocycles. The molecule has 0 heterocycles. The lowest BCUT2D eigenvalue weighted by atomic mass is 10.1. The molecule has 5 heteroatoms. The van der Waals surface area contributed by atoms with Gasteiger partial charge in [-0.25, -0.2) is 0 Å². The molecule has 0 aliphatic heterocycles. The number of carbonyl (C=O) groups is 1. The van der Waals surface area contributed by atoms with Crippen LogP contribution in [0.1, 0.15) is 15.9 Å². The van der Waals surface area contributed by atoms with E-state index in [0.717, 1.165) is 28.4 Å². The molecule has 0 radical (unpaired) electrons. The van der Waals surface area contributed by atoms with Crippen molar-refractivity contribution in [2.45, 2.75) is 6.61 Å². The van der Waals surface area contributed by atoms with Crippen molar-refractivity contribution in [2.24, 2.45) is 0 Å². The van der Waals surface area contributed by atoms with Gasteiger partial charge in [0.2, 0.25) is 0 Å². The fourth-order valence-electron chi connectivity index (χ4n) is 2.72. The van der Waals surface area contributed by atoms with Crippen LogP contribution in [0, 0.1) is 0 Å². The molecule has 0 unspecified atom stereocenters. The highest BCUT2D eigenvalue weighted by atomic mass is 16.5. The Kier molecular flexibility index (Phi) is 6.07. The normalized spacial score (nSPS) is 10.3. The summed E-state index contributed by atoms with van der Waals surface area (Å²) in [6.45, 7) is 0.499. The Hall–Kier alpha value is -3.31. The molecular weight excluding hydrogens is 340 g/mol. The Morgan fingerprint density at radius 3 is 2.41 bits per heavy atom. The number of benzene rings is 3. The van der Waals surface area contributed by atoms with E-state index in [4.69, 9.17) is 9.47 Å². The van der Waals surface area contributed by atoms with E-state index in [1.165, 1.54) is 0 Å². The third kappa shape index (κ3) is 4.86. The van der Waals surface area contributed by atoms with E-state index in [2.05, 4.69) is 10.6 Å². The second-order valence-corrected chi connectivity index (χ2v) is 5.99. The Morgan fingerprint density at radius 1 is 0.889 bits per heavy atom. The highest BCUT2D eigenvalue weighted by Crippen LogP contribution is 2.24. The van der Waals surface area contributed by atoms with Crippen LogP contribution in [0.5, 0.6) is 5.75 Å². The SMILES string of the molecule is COCc1cccc(NC(=O)c2ccccc2Nc2ccc(OC)cc2)c1. The van der Waals surface area contributed by atoms with Crippen LogP contribution in [0.25, 0.3) is 0 Å². The molecule has 27 heavy (non-hydrogen) atoms. The molecule has 138 valence electrons. The van der Waals surface area contributed by atoms with Crippen molar-refractivity contribution < 1.29 is 14.3 Å². The van der Waals surface area contributed by atoms with Crippen molar-refractivity contribution in [1.29, 1.82) is 0 Å². The molecule has 2 N–H and O–H groups in total. The Balaban J connectivity index is 1.78. The van der Waals surface area contributed by atoms with Crippen molar-refractivity contribution in [3.8, 4) is 5.75 Å². The number of carbonyl (C=O) groups excluding carboxylic acids is 1. The van der Waals surface area contributed by atoms with E-state index in [-0.39, 0.29) is 5.91 Å². The van der Waals surface area contributed by atoms with Crippen LogP contribution >= 0.6 is 0 Å². The van der Waals surface area contributed by atoms with Gasteiger partial charge < -0.3 is 20.1 Å². The largest absolute Gasteiger partial charge is 0.497 e. The van der Waals surface area contributed by atoms with Crippen LogP contribution in [-0.4, -0.2) is 20.1 Å². The molecule has 0 bridgehead atoms. The Bertz CT molecular complexity index is 907. The van der Waals surface area contributed by atoms with E-state index in [9.17, 15) is 4.79 Å². The van der Waals surface area contributed by atoms with Gasteiger partial charge in [0.15, 0.2) is 0 Å². The minimum atomic E-state index is -0.179. The molecule has 0 spiro atoms. The number of anilines is 3. The number of para-hydroxylation sites is 1. The highest BCUT2D eigenvalue weighted by molar-refractivity contribution is 6.08. The number of ether oxygens (including phenoxy) is 2. The molecular formula is C22H22N2O3. The lowest BCUT2D eigenvalue weighted by molar-refractivity contribution is 0.102. The first-order valence-electron chi connectivity index (χ1n) is 8.59. The summed E-state index contributed by atoms with van der Waals surface area (Å²) in [6.07, 6.45) is 0. The number of hydrogen-bond donors (Lipinski definition) is 2. The average Bonchev–Trinajstić information content (AvgIpc) is 2.69. The van der Waals surface area contributed by atoms with Crippen LogP contribution in [0.4, 0.5) is 17.1 Å². The number of rotatable bonds is 7. The van der Waals surface area contributed by atoms with E-state index < -0.39 is 0 Å². The summed E-state index contributed by atoms with van der Waals surface area (Å²) in [5.74, 6) is 0.601. The van der Waals surface area contributed by atoms with Gasteiger partial charge >= 0.3 is 0 Å². The molecule has 0 aliphatic carbocycles. The average molecular weight is 362 g/mol. The van der Waals surface area contributed by atoms with Crippen molar-refractivity contribution in [3.63, 3.8) is 0 Å². The summed E-state index contributed by atoms with van der Waals surface area (Å²) in [5, 5.41) is 6.23. The molecule has 3 aromatic carbocycles. The van der Waals surface area contributed by atoms with Gasteiger partial charge in [0, 0.05) is 18.5 Å². The van der Waals surface area contributed by atoms with Gasteiger partial charge in [-0.1, -0.05) is 24.3 Å². The smallest absolute Gasteiger partial charge is 0.257 e. The standard InChI is InChI=1S/C22H22N2O3/c1-26-15-16-6-5-7-18(14-16)24-22(25)20-8-3-4-9-21(20)23-17-10-12-19(27-2)13-11-17/h3-14,23H,15H2,1-2H3,(H,24,25). The molecule has 0 fully saturated rings. The maximum atomic E-state index is 12.8. The van der Waals surface area contributed by atoms with Crippen molar-refractivity contribution in [1.82, 2.24) is 0 Å². The summed E-state index contributed by atoms with van der Waals surface area (Å²) < 4.78 is 10.3. The highest BCUT2D eigenvalue weighted by Gasteiger charge is 2.12. The van der Waals surface area contributed by atoms with E-state index in [1.807, 2.05) is 66.7 Å². The number of amides is 1. The van der Waals surface area contributed by atoms with Crippen molar-refractivity contribution >= 4 is 23.0 Å². The maximum absolute atomic E-state index is 12.8. The molecule has 0 atom stereocenters. The predicted molar refractivity (Wildman–Crippen MR) is 108 cm³/mol. The lowest BCUT2D eigenvalue weighted by Crippen LogP contribution is -2.14. The predicted octanol–water partition coefficient (Wildman–Crippen LogP) is 4.84. The zero-order chi connectivity index (χ0) is 19.1.